The Kier molecular flexibility index (Phi) is 9.59. The standard InChI is InChI=1S/C19H39N/c1-5-8-10-16(7-3)15-19(20-4)18-13-11-17(9-6-2)12-14-18/h16-20H,5-15H2,1-4H3. The van der Waals surface area contributed by atoms with Gasteiger partial charge in [-0.1, -0.05) is 72.1 Å². The van der Waals surface area contributed by atoms with Gasteiger partial charge >= 0.3 is 0 Å². The number of unbranched alkanes of at least 4 members (excludes halogenated alkanes) is 1. The quantitative estimate of drug-likeness (QED) is 0.534. The molecule has 0 aromatic rings. The molecular formula is C19H39N. The van der Waals surface area contributed by atoms with Crippen LogP contribution in [0.25, 0.3) is 0 Å². The zero-order valence-electron chi connectivity index (χ0n) is 14.6. The van der Waals surface area contributed by atoms with E-state index in [1.807, 2.05) is 0 Å². The molecule has 0 radical (unpaired) electrons. The summed E-state index contributed by atoms with van der Waals surface area (Å²) in [7, 11) is 2.19. The van der Waals surface area contributed by atoms with E-state index < -0.39 is 0 Å². The minimum absolute atomic E-state index is 0.777. The molecule has 0 amide bonds. The first kappa shape index (κ1) is 18.0. The second-order valence-corrected chi connectivity index (χ2v) is 7.12. The lowest BCUT2D eigenvalue weighted by Crippen LogP contribution is -2.37. The van der Waals surface area contributed by atoms with Crippen molar-refractivity contribution in [1.82, 2.24) is 5.32 Å². The zero-order chi connectivity index (χ0) is 14.8. The maximum absolute atomic E-state index is 3.66. The van der Waals surface area contributed by atoms with E-state index in [9.17, 15) is 0 Å². The smallest absolute Gasteiger partial charge is 0.00949 e. The Labute approximate surface area is 128 Å². The molecule has 1 N–H and O–H groups in total. The Bertz CT molecular complexity index is 218. The minimum Gasteiger partial charge on any atom is -0.317 e. The van der Waals surface area contributed by atoms with Crippen molar-refractivity contribution in [1.29, 1.82) is 0 Å². The highest BCUT2D eigenvalue weighted by Crippen LogP contribution is 2.35. The molecule has 0 bridgehead atoms. The lowest BCUT2D eigenvalue weighted by molar-refractivity contribution is 0.194. The number of hydrogen-bond donors (Lipinski definition) is 1. The van der Waals surface area contributed by atoms with Gasteiger partial charge in [0.05, 0.1) is 0 Å². The van der Waals surface area contributed by atoms with E-state index in [0.717, 1.165) is 23.8 Å². The van der Waals surface area contributed by atoms with Crippen LogP contribution in [0.3, 0.4) is 0 Å². The van der Waals surface area contributed by atoms with Gasteiger partial charge in [0, 0.05) is 6.04 Å². The first-order valence-electron chi connectivity index (χ1n) is 9.42. The van der Waals surface area contributed by atoms with Gasteiger partial charge in [-0.2, -0.15) is 0 Å². The summed E-state index contributed by atoms with van der Waals surface area (Å²) in [5.41, 5.74) is 0. The predicted molar refractivity (Wildman–Crippen MR) is 91.1 cm³/mol. The fourth-order valence-electron chi connectivity index (χ4n) is 4.17. The van der Waals surface area contributed by atoms with E-state index in [4.69, 9.17) is 0 Å². The Morgan fingerprint density at radius 1 is 1.00 bits per heavy atom. The third-order valence-corrected chi connectivity index (χ3v) is 5.66. The average molecular weight is 282 g/mol. The third-order valence-electron chi connectivity index (χ3n) is 5.66. The normalized spacial score (nSPS) is 26.4. The Hall–Kier alpha value is -0.0400. The van der Waals surface area contributed by atoms with Crippen LogP contribution in [-0.2, 0) is 0 Å². The molecule has 120 valence electrons. The summed E-state index contributed by atoms with van der Waals surface area (Å²) in [6.45, 7) is 7.03. The van der Waals surface area contributed by atoms with Crippen LogP contribution in [0.2, 0.25) is 0 Å². The van der Waals surface area contributed by atoms with Crippen molar-refractivity contribution < 1.29 is 0 Å². The lowest BCUT2D eigenvalue weighted by Gasteiger charge is -2.35. The number of hydrogen-bond acceptors (Lipinski definition) is 1. The van der Waals surface area contributed by atoms with Crippen molar-refractivity contribution in [3.63, 3.8) is 0 Å². The predicted octanol–water partition coefficient (Wildman–Crippen LogP) is 5.79. The lowest BCUT2D eigenvalue weighted by atomic mass is 9.74. The molecule has 1 nitrogen and oxygen atoms in total. The highest BCUT2D eigenvalue weighted by molar-refractivity contribution is 4.83. The van der Waals surface area contributed by atoms with Crippen molar-refractivity contribution in [2.24, 2.45) is 17.8 Å². The Morgan fingerprint density at radius 3 is 2.20 bits per heavy atom. The molecule has 0 aromatic carbocycles. The van der Waals surface area contributed by atoms with E-state index in [2.05, 4.69) is 33.1 Å². The molecule has 20 heavy (non-hydrogen) atoms. The summed E-state index contributed by atoms with van der Waals surface area (Å²) in [5.74, 6) is 2.93. The van der Waals surface area contributed by atoms with Crippen LogP contribution in [0.1, 0.15) is 91.4 Å². The largest absolute Gasteiger partial charge is 0.317 e. The van der Waals surface area contributed by atoms with Gasteiger partial charge < -0.3 is 5.32 Å². The van der Waals surface area contributed by atoms with Crippen LogP contribution in [0.15, 0.2) is 0 Å². The van der Waals surface area contributed by atoms with E-state index >= 15 is 0 Å². The monoisotopic (exact) mass is 281 g/mol. The topological polar surface area (TPSA) is 12.0 Å². The highest BCUT2D eigenvalue weighted by atomic mass is 14.9. The van der Waals surface area contributed by atoms with E-state index in [0.29, 0.717) is 0 Å². The summed E-state index contributed by atoms with van der Waals surface area (Å²) >= 11 is 0. The van der Waals surface area contributed by atoms with Crippen LogP contribution >= 0.6 is 0 Å². The van der Waals surface area contributed by atoms with Crippen LogP contribution in [0.5, 0.6) is 0 Å². The van der Waals surface area contributed by atoms with Crippen molar-refractivity contribution >= 4 is 0 Å². The first-order chi connectivity index (χ1) is 9.74. The summed E-state index contributed by atoms with van der Waals surface area (Å²) in [6, 6.07) is 0.777. The van der Waals surface area contributed by atoms with Crippen molar-refractivity contribution in [3.8, 4) is 0 Å². The maximum atomic E-state index is 3.66. The number of rotatable bonds is 10. The van der Waals surface area contributed by atoms with Crippen molar-refractivity contribution in [3.05, 3.63) is 0 Å². The van der Waals surface area contributed by atoms with Gasteiger partial charge in [-0.3, -0.25) is 0 Å². The van der Waals surface area contributed by atoms with E-state index in [1.165, 1.54) is 70.6 Å². The summed E-state index contributed by atoms with van der Waals surface area (Å²) in [6.07, 6.45) is 15.7. The third kappa shape index (κ3) is 6.16. The molecule has 0 heterocycles. The Morgan fingerprint density at radius 2 is 1.70 bits per heavy atom. The molecule has 2 atom stereocenters. The van der Waals surface area contributed by atoms with Gasteiger partial charge in [-0.15, -0.1) is 0 Å². The molecule has 0 saturated heterocycles. The molecule has 1 saturated carbocycles. The molecule has 1 fully saturated rings. The van der Waals surface area contributed by atoms with Gasteiger partial charge in [0.15, 0.2) is 0 Å². The fraction of sp³-hybridized carbons (Fsp3) is 1.00. The molecular weight excluding hydrogens is 242 g/mol. The second kappa shape index (κ2) is 10.7. The molecule has 2 unspecified atom stereocenters. The van der Waals surface area contributed by atoms with E-state index in [1.54, 1.807) is 0 Å². The van der Waals surface area contributed by atoms with Gasteiger partial charge in [-0.25, -0.2) is 0 Å². The SMILES string of the molecule is CCCCC(CC)CC(NC)C1CCC(CCC)CC1. The van der Waals surface area contributed by atoms with E-state index in [-0.39, 0.29) is 0 Å². The van der Waals surface area contributed by atoms with Crippen LogP contribution in [0, 0.1) is 17.8 Å². The van der Waals surface area contributed by atoms with Crippen molar-refractivity contribution in [2.75, 3.05) is 7.05 Å². The van der Waals surface area contributed by atoms with Crippen LogP contribution < -0.4 is 5.32 Å². The maximum Gasteiger partial charge on any atom is 0.00949 e. The van der Waals surface area contributed by atoms with Crippen molar-refractivity contribution in [2.45, 2.75) is 97.4 Å². The summed E-state index contributed by atoms with van der Waals surface area (Å²) in [5, 5.41) is 3.66. The van der Waals surface area contributed by atoms with Crippen LogP contribution in [-0.4, -0.2) is 13.1 Å². The first-order valence-corrected chi connectivity index (χ1v) is 9.42. The Balaban J connectivity index is 2.38. The summed E-state index contributed by atoms with van der Waals surface area (Å²) < 4.78 is 0. The number of nitrogens with one attached hydrogen (secondary N) is 1. The molecule has 0 aromatic heterocycles. The second-order valence-electron chi connectivity index (χ2n) is 7.12. The molecule has 1 aliphatic rings. The fourth-order valence-corrected chi connectivity index (χ4v) is 4.17. The molecule has 0 spiro atoms. The van der Waals surface area contributed by atoms with Gasteiger partial charge in [0.1, 0.15) is 0 Å². The zero-order valence-corrected chi connectivity index (χ0v) is 14.6. The van der Waals surface area contributed by atoms with Gasteiger partial charge in [-0.05, 0) is 44.1 Å². The van der Waals surface area contributed by atoms with Gasteiger partial charge in [0.25, 0.3) is 0 Å². The van der Waals surface area contributed by atoms with Crippen LogP contribution in [0.4, 0.5) is 0 Å². The average Bonchev–Trinajstić information content (AvgIpc) is 2.49. The minimum atomic E-state index is 0.777. The highest BCUT2D eigenvalue weighted by Gasteiger charge is 2.27. The molecule has 1 aliphatic carbocycles. The summed E-state index contributed by atoms with van der Waals surface area (Å²) in [4.78, 5) is 0. The molecule has 1 heteroatoms. The molecule has 1 rings (SSSR count). The molecule has 0 aliphatic heterocycles. The van der Waals surface area contributed by atoms with Gasteiger partial charge in [0.2, 0.25) is 0 Å².